The van der Waals surface area contributed by atoms with Gasteiger partial charge in [0.05, 0.1) is 10.4 Å². The molecule has 2 aromatic rings. The molecule has 0 radical (unpaired) electrons. The minimum Gasteiger partial charge on any atom is -0.350 e. The highest BCUT2D eigenvalue weighted by molar-refractivity contribution is 7.89. The summed E-state index contributed by atoms with van der Waals surface area (Å²) < 4.78 is 28.7. The highest BCUT2D eigenvalue weighted by Gasteiger charge is 2.25. The number of hydrogen-bond donors (Lipinski definition) is 0. The van der Waals surface area contributed by atoms with Crippen LogP contribution in [0.5, 0.6) is 0 Å². The van der Waals surface area contributed by atoms with Crippen LogP contribution >= 0.6 is 0 Å². The maximum Gasteiger partial charge on any atom is 0.259 e. The largest absolute Gasteiger partial charge is 0.350 e. The molecule has 0 unspecified atom stereocenters. The molecule has 27 heavy (non-hydrogen) atoms. The predicted molar refractivity (Wildman–Crippen MR) is 104 cm³/mol. The number of sulfonamides is 1. The van der Waals surface area contributed by atoms with E-state index in [1.54, 1.807) is 42.6 Å². The lowest BCUT2D eigenvalue weighted by atomic mass is 10.1. The summed E-state index contributed by atoms with van der Waals surface area (Å²) in [5.74, 6) is -0.285. The van der Waals surface area contributed by atoms with Crippen molar-refractivity contribution < 1.29 is 13.2 Å². The van der Waals surface area contributed by atoms with Crippen LogP contribution in [-0.4, -0.2) is 54.3 Å². The molecule has 0 spiro atoms. The van der Waals surface area contributed by atoms with Crippen molar-refractivity contribution >= 4 is 26.8 Å². The Morgan fingerprint density at radius 3 is 2.37 bits per heavy atom. The molecule has 1 fully saturated rings. The molecule has 146 valence electrons. The number of benzene rings is 1. The first kappa shape index (κ1) is 19.6. The first-order valence-corrected chi connectivity index (χ1v) is 10.7. The third-order valence-corrected chi connectivity index (χ3v) is 7.17. The quantitative estimate of drug-likeness (QED) is 0.779. The van der Waals surface area contributed by atoms with Gasteiger partial charge in [-0.25, -0.2) is 8.42 Å². The molecule has 0 bridgehead atoms. The lowest BCUT2D eigenvalue weighted by Crippen LogP contribution is -2.33. The maximum atomic E-state index is 13.0. The van der Waals surface area contributed by atoms with Gasteiger partial charge in [-0.15, -0.1) is 0 Å². The molecule has 0 aliphatic carbocycles. The number of aromatic nitrogens is 1. The standard InChI is InChI=1S/C19H25N3O4S/c1-4-22(5-2)27(25,26)14-8-9-17-15(12-14)18(23)16(13-20(17)3)19(24)21-10-6-7-11-21/h8-9,12-13H,4-7,10-11H2,1-3H3. The molecule has 1 aromatic carbocycles. The second kappa shape index (κ2) is 7.44. The molecular weight excluding hydrogens is 366 g/mol. The number of carbonyl (C=O) groups excluding carboxylic acids is 1. The minimum absolute atomic E-state index is 0.0709. The number of likely N-dealkylation sites (tertiary alicyclic amines) is 1. The van der Waals surface area contributed by atoms with E-state index in [4.69, 9.17) is 0 Å². The molecule has 1 saturated heterocycles. The zero-order chi connectivity index (χ0) is 19.8. The molecular formula is C19H25N3O4S. The van der Waals surface area contributed by atoms with E-state index in [1.165, 1.54) is 16.4 Å². The van der Waals surface area contributed by atoms with Gasteiger partial charge in [0.1, 0.15) is 5.56 Å². The van der Waals surface area contributed by atoms with Crippen LogP contribution in [0.4, 0.5) is 0 Å². The number of amides is 1. The Hall–Kier alpha value is -2.19. The van der Waals surface area contributed by atoms with Crippen LogP contribution in [0.1, 0.15) is 37.0 Å². The van der Waals surface area contributed by atoms with Crippen LogP contribution in [0.3, 0.4) is 0 Å². The van der Waals surface area contributed by atoms with E-state index >= 15 is 0 Å². The van der Waals surface area contributed by atoms with E-state index in [9.17, 15) is 18.0 Å². The number of fused-ring (bicyclic) bond motifs is 1. The van der Waals surface area contributed by atoms with Crippen LogP contribution in [0.2, 0.25) is 0 Å². The van der Waals surface area contributed by atoms with Crippen molar-refractivity contribution in [2.45, 2.75) is 31.6 Å². The Morgan fingerprint density at radius 1 is 1.15 bits per heavy atom. The number of nitrogens with zero attached hydrogens (tertiary/aromatic N) is 3. The molecule has 0 atom stereocenters. The lowest BCUT2D eigenvalue weighted by molar-refractivity contribution is 0.0791. The van der Waals surface area contributed by atoms with E-state index in [2.05, 4.69) is 0 Å². The number of pyridine rings is 1. The van der Waals surface area contributed by atoms with Gasteiger partial charge in [-0.2, -0.15) is 4.31 Å². The molecule has 7 nitrogen and oxygen atoms in total. The first-order chi connectivity index (χ1) is 12.8. The smallest absolute Gasteiger partial charge is 0.259 e. The summed E-state index contributed by atoms with van der Waals surface area (Å²) in [6, 6.07) is 4.53. The second-order valence-electron chi connectivity index (χ2n) is 6.75. The highest BCUT2D eigenvalue weighted by Crippen LogP contribution is 2.21. The van der Waals surface area contributed by atoms with Crippen molar-refractivity contribution in [1.82, 2.24) is 13.8 Å². The zero-order valence-corrected chi connectivity index (χ0v) is 16.8. The second-order valence-corrected chi connectivity index (χ2v) is 8.69. The molecule has 0 N–H and O–H groups in total. The Balaban J connectivity index is 2.17. The molecule has 0 saturated carbocycles. The van der Waals surface area contributed by atoms with Crippen LogP contribution in [0.25, 0.3) is 10.9 Å². The molecule has 1 aliphatic heterocycles. The van der Waals surface area contributed by atoms with Crippen molar-refractivity contribution in [2.24, 2.45) is 7.05 Å². The van der Waals surface area contributed by atoms with Gasteiger partial charge in [-0.3, -0.25) is 9.59 Å². The summed E-state index contributed by atoms with van der Waals surface area (Å²) in [5, 5.41) is 0.246. The van der Waals surface area contributed by atoms with E-state index < -0.39 is 15.5 Å². The van der Waals surface area contributed by atoms with Crippen LogP contribution in [-0.2, 0) is 17.1 Å². The van der Waals surface area contributed by atoms with Gasteiger partial charge in [-0.05, 0) is 31.0 Å². The monoisotopic (exact) mass is 391 g/mol. The Bertz CT molecular complexity index is 1030. The van der Waals surface area contributed by atoms with Crippen molar-refractivity contribution in [3.8, 4) is 0 Å². The van der Waals surface area contributed by atoms with Gasteiger partial charge in [0.15, 0.2) is 0 Å². The third-order valence-electron chi connectivity index (χ3n) is 5.13. The molecule has 1 aromatic heterocycles. The Labute approximate surface area is 159 Å². The summed E-state index contributed by atoms with van der Waals surface area (Å²) >= 11 is 0. The Morgan fingerprint density at radius 2 is 1.78 bits per heavy atom. The van der Waals surface area contributed by atoms with E-state index in [0.717, 1.165) is 12.8 Å². The summed E-state index contributed by atoms with van der Waals surface area (Å²) in [6.07, 6.45) is 3.42. The SMILES string of the molecule is CCN(CC)S(=O)(=O)c1ccc2c(c1)c(=O)c(C(=O)N1CCCC1)cn2C. The van der Waals surface area contributed by atoms with E-state index in [0.29, 0.717) is 31.7 Å². The predicted octanol–water partition coefficient (Wildman–Crippen LogP) is 1.81. The van der Waals surface area contributed by atoms with Gasteiger partial charge in [-0.1, -0.05) is 13.8 Å². The highest BCUT2D eigenvalue weighted by atomic mass is 32.2. The average Bonchev–Trinajstić information content (AvgIpc) is 3.19. The lowest BCUT2D eigenvalue weighted by Gasteiger charge is -2.19. The molecule has 1 amide bonds. The third kappa shape index (κ3) is 3.39. The molecule has 3 rings (SSSR count). The van der Waals surface area contributed by atoms with Gasteiger partial charge < -0.3 is 9.47 Å². The molecule has 8 heteroatoms. The van der Waals surface area contributed by atoms with Gasteiger partial charge in [0, 0.05) is 44.8 Å². The van der Waals surface area contributed by atoms with E-state index in [-0.39, 0.29) is 21.8 Å². The fraction of sp³-hybridized carbons (Fsp3) is 0.474. The van der Waals surface area contributed by atoms with Crippen molar-refractivity contribution in [2.75, 3.05) is 26.2 Å². The molecule has 2 heterocycles. The van der Waals surface area contributed by atoms with Crippen LogP contribution in [0.15, 0.2) is 34.1 Å². The number of aryl methyl sites for hydroxylation is 1. The maximum absolute atomic E-state index is 13.0. The summed E-state index contributed by atoms with van der Waals surface area (Å²) in [7, 11) is -1.93. The van der Waals surface area contributed by atoms with Gasteiger partial charge in [0.25, 0.3) is 5.91 Å². The van der Waals surface area contributed by atoms with Crippen molar-refractivity contribution in [3.63, 3.8) is 0 Å². The summed E-state index contributed by atoms with van der Waals surface area (Å²) in [4.78, 5) is 27.5. The number of rotatable bonds is 5. The topological polar surface area (TPSA) is 79.7 Å². The fourth-order valence-corrected chi connectivity index (χ4v) is 5.07. The van der Waals surface area contributed by atoms with Crippen molar-refractivity contribution in [1.29, 1.82) is 0 Å². The van der Waals surface area contributed by atoms with Crippen LogP contribution in [0, 0.1) is 0 Å². The van der Waals surface area contributed by atoms with Crippen molar-refractivity contribution in [3.05, 3.63) is 40.2 Å². The molecule has 1 aliphatic rings. The minimum atomic E-state index is -3.68. The van der Waals surface area contributed by atoms with Gasteiger partial charge >= 0.3 is 0 Å². The fourth-order valence-electron chi connectivity index (χ4n) is 3.59. The van der Waals surface area contributed by atoms with Crippen LogP contribution < -0.4 is 5.43 Å². The average molecular weight is 391 g/mol. The summed E-state index contributed by atoms with van der Waals surface area (Å²) in [5.41, 5.74) is 0.261. The van der Waals surface area contributed by atoms with Gasteiger partial charge in [0.2, 0.25) is 15.5 Å². The number of carbonyl (C=O) groups is 1. The van der Waals surface area contributed by atoms with E-state index in [1.807, 2.05) is 0 Å². The zero-order valence-electron chi connectivity index (χ0n) is 15.9. The Kier molecular flexibility index (Phi) is 5.39. The normalized spacial score (nSPS) is 15.0. The summed E-state index contributed by atoms with van der Waals surface area (Å²) in [6.45, 7) is 5.54. The first-order valence-electron chi connectivity index (χ1n) is 9.24. The number of hydrogen-bond acceptors (Lipinski definition) is 4.